The maximum atomic E-state index is 12.2. The van der Waals surface area contributed by atoms with Gasteiger partial charge in [0.1, 0.15) is 5.54 Å². The second-order valence-electron chi connectivity index (χ2n) is 5.61. The largest absolute Gasteiger partial charge is 0.465 e. The summed E-state index contributed by atoms with van der Waals surface area (Å²) in [6.45, 7) is 6.14. The molecule has 0 aliphatic heterocycles. The van der Waals surface area contributed by atoms with Crippen molar-refractivity contribution in [3.05, 3.63) is 18.0 Å². The molecule has 1 atom stereocenters. The Kier molecular flexibility index (Phi) is 5.58. The zero-order valence-corrected chi connectivity index (χ0v) is 13.7. The summed E-state index contributed by atoms with van der Waals surface area (Å²) in [5.74, 6) is 0.611. The van der Waals surface area contributed by atoms with Gasteiger partial charge < -0.3 is 4.74 Å². The van der Waals surface area contributed by atoms with Gasteiger partial charge in [0, 0.05) is 24.2 Å². The van der Waals surface area contributed by atoms with E-state index < -0.39 is 5.54 Å². The van der Waals surface area contributed by atoms with Gasteiger partial charge in [0.15, 0.2) is 5.16 Å². The van der Waals surface area contributed by atoms with Crippen LogP contribution in [0.5, 0.6) is 0 Å². The van der Waals surface area contributed by atoms with E-state index in [1.54, 1.807) is 11.8 Å². The second-order valence-corrected chi connectivity index (χ2v) is 6.67. The quantitative estimate of drug-likeness (QED) is 0.452. The van der Waals surface area contributed by atoms with E-state index in [9.17, 15) is 4.79 Å². The Balaban J connectivity index is 1.88. The molecule has 1 N–H and O–H groups in total. The molecule has 0 bridgehead atoms. The van der Waals surface area contributed by atoms with Crippen LogP contribution >= 0.6 is 11.8 Å². The van der Waals surface area contributed by atoms with Gasteiger partial charge in [0.2, 0.25) is 0 Å². The first kappa shape index (κ1) is 16.2. The predicted molar refractivity (Wildman–Crippen MR) is 83.3 cm³/mol. The van der Waals surface area contributed by atoms with Crippen LogP contribution in [0.1, 0.15) is 38.7 Å². The molecule has 0 saturated heterocycles. The number of carbonyl (C=O) groups excluding carboxylic acids is 1. The summed E-state index contributed by atoms with van der Waals surface area (Å²) < 4.78 is 5.21. The van der Waals surface area contributed by atoms with Crippen LogP contribution in [0.3, 0.4) is 0 Å². The van der Waals surface area contributed by atoms with E-state index in [-0.39, 0.29) is 5.97 Å². The summed E-state index contributed by atoms with van der Waals surface area (Å²) in [5, 5.41) is 4.17. The minimum absolute atomic E-state index is 0.165. The molecule has 0 amide bonds. The van der Waals surface area contributed by atoms with Gasteiger partial charge in [-0.25, -0.2) is 9.97 Å². The Morgan fingerprint density at radius 1 is 1.48 bits per heavy atom. The topological polar surface area (TPSA) is 64.1 Å². The molecule has 1 heterocycles. The van der Waals surface area contributed by atoms with Crippen LogP contribution in [0.15, 0.2) is 17.6 Å². The van der Waals surface area contributed by atoms with Crippen LogP contribution < -0.4 is 5.32 Å². The molecule has 1 aromatic rings. The highest BCUT2D eigenvalue weighted by Crippen LogP contribution is 2.26. The van der Waals surface area contributed by atoms with Gasteiger partial charge in [-0.15, -0.1) is 0 Å². The standard InChI is InChI=1S/C15H23N3O2S/c1-4-20-13(19)15(3,18-12-5-6-12)7-8-21-14-16-9-11(2)10-17-14/h9-10,12,18H,4-8H2,1-3H3. The van der Waals surface area contributed by atoms with Gasteiger partial charge in [-0.3, -0.25) is 10.1 Å². The Morgan fingerprint density at radius 2 is 2.14 bits per heavy atom. The van der Waals surface area contributed by atoms with Crippen LogP contribution in [-0.2, 0) is 9.53 Å². The maximum absolute atomic E-state index is 12.2. The monoisotopic (exact) mass is 309 g/mol. The highest BCUT2D eigenvalue weighted by atomic mass is 32.2. The number of esters is 1. The van der Waals surface area contributed by atoms with Gasteiger partial charge in [0.25, 0.3) is 0 Å². The van der Waals surface area contributed by atoms with Crippen molar-refractivity contribution in [2.75, 3.05) is 12.4 Å². The van der Waals surface area contributed by atoms with Crippen LogP contribution in [-0.4, -0.2) is 39.9 Å². The summed E-state index contributed by atoms with van der Waals surface area (Å²) in [5.41, 5.74) is 0.431. The molecule has 1 saturated carbocycles. The molecule has 2 rings (SSSR count). The molecule has 5 nitrogen and oxygen atoms in total. The Labute approximate surface area is 130 Å². The smallest absolute Gasteiger partial charge is 0.326 e. The van der Waals surface area contributed by atoms with Crippen molar-refractivity contribution in [2.24, 2.45) is 0 Å². The van der Waals surface area contributed by atoms with Crippen molar-refractivity contribution in [1.82, 2.24) is 15.3 Å². The summed E-state index contributed by atoms with van der Waals surface area (Å²) in [6, 6.07) is 0.458. The van der Waals surface area contributed by atoms with E-state index in [0.29, 0.717) is 19.1 Å². The van der Waals surface area contributed by atoms with Crippen LogP contribution in [0.4, 0.5) is 0 Å². The number of hydrogen-bond acceptors (Lipinski definition) is 6. The van der Waals surface area contributed by atoms with E-state index in [1.165, 1.54) is 0 Å². The van der Waals surface area contributed by atoms with E-state index in [2.05, 4.69) is 15.3 Å². The lowest BCUT2D eigenvalue weighted by molar-refractivity contribution is -0.150. The number of ether oxygens (including phenoxy) is 1. The van der Waals surface area contributed by atoms with Gasteiger partial charge in [-0.2, -0.15) is 0 Å². The summed E-state index contributed by atoms with van der Waals surface area (Å²) in [7, 11) is 0. The van der Waals surface area contributed by atoms with Crippen molar-refractivity contribution < 1.29 is 9.53 Å². The Morgan fingerprint density at radius 3 is 2.71 bits per heavy atom. The highest BCUT2D eigenvalue weighted by Gasteiger charge is 2.39. The van der Waals surface area contributed by atoms with E-state index >= 15 is 0 Å². The molecule has 6 heteroatoms. The lowest BCUT2D eigenvalue weighted by Crippen LogP contribution is -2.52. The first-order chi connectivity index (χ1) is 10.0. The number of aryl methyl sites for hydroxylation is 1. The number of aromatic nitrogens is 2. The van der Waals surface area contributed by atoms with Crippen LogP contribution in [0.2, 0.25) is 0 Å². The van der Waals surface area contributed by atoms with E-state index in [4.69, 9.17) is 4.74 Å². The van der Waals surface area contributed by atoms with Gasteiger partial charge >= 0.3 is 5.97 Å². The first-order valence-electron chi connectivity index (χ1n) is 7.40. The molecule has 1 fully saturated rings. The summed E-state index contributed by atoms with van der Waals surface area (Å²) in [6.07, 6.45) is 6.60. The SMILES string of the molecule is CCOC(=O)C(C)(CCSc1ncc(C)cn1)NC1CC1. The first-order valence-corrected chi connectivity index (χ1v) is 8.38. The zero-order valence-electron chi connectivity index (χ0n) is 12.9. The fourth-order valence-corrected chi connectivity index (χ4v) is 2.95. The highest BCUT2D eigenvalue weighted by molar-refractivity contribution is 7.99. The fraction of sp³-hybridized carbons (Fsp3) is 0.667. The predicted octanol–water partition coefficient (Wildman–Crippen LogP) is 2.34. The average Bonchev–Trinajstić information content (AvgIpc) is 3.25. The van der Waals surface area contributed by atoms with Crippen molar-refractivity contribution in [1.29, 1.82) is 0 Å². The van der Waals surface area contributed by atoms with Crippen LogP contribution in [0, 0.1) is 6.92 Å². The average molecular weight is 309 g/mol. The number of rotatable bonds is 8. The van der Waals surface area contributed by atoms with E-state index in [0.717, 1.165) is 29.3 Å². The van der Waals surface area contributed by atoms with Crippen molar-refractivity contribution in [3.63, 3.8) is 0 Å². The van der Waals surface area contributed by atoms with E-state index in [1.807, 2.05) is 33.2 Å². The number of thioether (sulfide) groups is 1. The molecule has 1 unspecified atom stereocenters. The molecule has 0 radical (unpaired) electrons. The summed E-state index contributed by atoms with van der Waals surface area (Å²) in [4.78, 5) is 20.7. The minimum Gasteiger partial charge on any atom is -0.465 e. The third-order valence-electron chi connectivity index (χ3n) is 3.42. The van der Waals surface area contributed by atoms with Crippen LogP contribution in [0.25, 0.3) is 0 Å². The number of carbonyl (C=O) groups is 1. The number of nitrogens with one attached hydrogen (secondary N) is 1. The molecule has 0 spiro atoms. The van der Waals surface area contributed by atoms with Crippen molar-refractivity contribution >= 4 is 17.7 Å². The lowest BCUT2D eigenvalue weighted by Gasteiger charge is -2.28. The maximum Gasteiger partial charge on any atom is 0.326 e. The fourth-order valence-electron chi connectivity index (χ4n) is 2.00. The second kappa shape index (κ2) is 7.22. The van der Waals surface area contributed by atoms with Gasteiger partial charge in [-0.1, -0.05) is 11.8 Å². The third-order valence-corrected chi connectivity index (χ3v) is 4.29. The Hall–Kier alpha value is -1.14. The van der Waals surface area contributed by atoms with Gasteiger partial charge in [0.05, 0.1) is 6.61 Å². The normalized spacial score (nSPS) is 17.3. The Bertz CT molecular complexity index is 476. The third kappa shape index (κ3) is 4.97. The van der Waals surface area contributed by atoms with Gasteiger partial charge in [-0.05, 0) is 45.6 Å². The summed E-state index contributed by atoms with van der Waals surface area (Å²) >= 11 is 1.57. The van der Waals surface area contributed by atoms with Crippen molar-refractivity contribution in [2.45, 2.75) is 56.8 Å². The zero-order chi connectivity index (χ0) is 15.3. The molecule has 1 aromatic heterocycles. The molecule has 116 valence electrons. The molecular formula is C15H23N3O2S. The molecule has 1 aliphatic rings. The molecular weight excluding hydrogens is 286 g/mol. The molecule has 1 aliphatic carbocycles. The minimum atomic E-state index is -0.616. The number of nitrogens with zero attached hydrogens (tertiary/aromatic N) is 2. The molecule has 0 aromatic carbocycles. The number of hydrogen-bond donors (Lipinski definition) is 1. The van der Waals surface area contributed by atoms with Crippen molar-refractivity contribution in [3.8, 4) is 0 Å². The molecule has 21 heavy (non-hydrogen) atoms. The lowest BCUT2D eigenvalue weighted by atomic mass is 9.99.